The van der Waals surface area contributed by atoms with Gasteiger partial charge in [0.25, 0.3) is 0 Å². The molecule has 1 amide bonds. The maximum Gasteiger partial charge on any atom is 0.225 e. The minimum atomic E-state index is -0.882. The van der Waals surface area contributed by atoms with Crippen LogP contribution in [-0.2, 0) is 4.79 Å². The van der Waals surface area contributed by atoms with Crippen molar-refractivity contribution < 1.29 is 13.6 Å². The molecule has 2 heterocycles. The third kappa shape index (κ3) is 4.23. The van der Waals surface area contributed by atoms with E-state index in [9.17, 15) is 13.6 Å². The lowest BCUT2D eigenvalue weighted by atomic mass is 10.1. The van der Waals surface area contributed by atoms with Gasteiger partial charge in [-0.05, 0) is 30.3 Å². The number of carbonyl (C=O) groups excluding carboxylic acids is 1. The molecule has 4 aromatic rings. The van der Waals surface area contributed by atoms with Crippen molar-refractivity contribution in [2.45, 2.75) is 11.3 Å². The van der Waals surface area contributed by atoms with E-state index >= 15 is 0 Å². The van der Waals surface area contributed by atoms with Crippen LogP contribution in [0.5, 0.6) is 0 Å². The van der Waals surface area contributed by atoms with Gasteiger partial charge in [0.2, 0.25) is 5.91 Å². The molecule has 0 aliphatic heterocycles. The van der Waals surface area contributed by atoms with Gasteiger partial charge in [0, 0.05) is 46.1 Å². The van der Waals surface area contributed by atoms with Gasteiger partial charge in [0.1, 0.15) is 0 Å². The molecule has 28 heavy (non-hydrogen) atoms. The maximum absolute atomic E-state index is 13.2. The normalized spacial score (nSPS) is 11.1. The van der Waals surface area contributed by atoms with Crippen molar-refractivity contribution in [2.24, 2.45) is 0 Å². The average molecular weight is 415 g/mol. The lowest BCUT2D eigenvalue weighted by molar-refractivity contribution is -0.115. The van der Waals surface area contributed by atoms with Gasteiger partial charge in [-0.1, -0.05) is 12.1 Å². The number of hydrogen-bond acceptors (Lipinski definition) is 4. The molecule has 0 aliphatic carbocycles. The first-order valence-electron chi connectivity index (χ1n) is 8.49. The molecule has 0 saturated carbocycles. The Bertz CT molecular complexity index is 1090. The van der Waals surface area contributed by atoms with Crippen molar-refractivity contribution >= 4 is 39.7 Å². The number of nitrogens with zero attached hydrogens (tertiary/aromatic N) is 2. The van der Waals surface area contributed by atoms with Crippen molar-refractivity contribution in [1.82, 2.24) is 9.38 Å². The van der Waals surface area contributed by atoms with Gasteiger partial charge < -0.3 is 5.32 Å². The summed E-state index contributed by atoms with van der Waals surface area (Å²) in [5.74, 6) is -1.42. The van der Waals surface area contributed by atoms with Crippen LogP contribution in [-0.4, -0.2) is 21.0 Å². The smallest absolute Gasteiger partial charge is 0.225 e. The van der Waals surface area contributed by atoms with Crippen LogP contribution in [0.3, 0.4) is 0 Å². The number of anilines is 1. The van der Waals surface area contributed by atoms with Gasteiger partial charge in [-0.25, -0.2) is 13.8 Å². The molecule has 142 valence electrons. The van der Waals surface area contributed by atoms with Gasteiger partial charge >= 0.3 is 0 Å². The van der Waals surface area contributed by atoms with E-state index in [4.69, 9.17) is 0 Å². The summed E-state index contributed by atoms with van der Waals surface area (Å²) >= 11 is 2.88. The monoisotopic (exact) mass is 415 g/mol. The van der Waals surface area contributed by atoms with Crippen molar-refractivity contribution in [2.75, 3.05) is 11.1 Å². The summed E-state index contributed by atoms with van der Waals surface area (Å²) in [5.41, 5.74) is 2.56. The molecular weight excluding hydrogens is 400 g/mol. The fourth-order valence-corrected chi connectivity index (χ4v) is 4.22. The molecule has 0 saturated heterocycles. The third-order valence-corrected chi connectivity index (χ3v) is 5.81. The summed E-state index contributed by atoms with van der Waals surface area (Å²) in [5, 5.41) is 4.82. The van der Waals surface area contributed by atoms with Gasteiger partial charge in [0.15, 0.2) is 16.6 Å². The van der Waals surface area contributed by atoms with Gasteiger partial charge in [-0.15, -0.1) is 23.1 Å². The number of hydrogen-bond donors (Lipinski definition) is 1. The summed E-state index contributed by atoms with van der Waals surface area (Å²) in [6.07, 6.45) is 4.20. The van der Waals surface area contributed by atoms with Crippen LogP contribution in [0.4, 0.5) is 14.5 Å². The van der Waals surface area contributed by atoms with Crippen LogP contribution < -0.4 is 5.32 Å². The number of thiazole rings is 1. The molecule has 0 fully saturated rings. The highest BCUT2D eigenvalue weighted by Crippen LogP contribution is 2.24. The second-order valence-corrected chi connectivity index (χ2v) is 8.06. The summed E-state index contributed by atoms with van der Waals surface area (Å²) in [7, 11) is 0. The summed E-state index contributed by atoms with van der Waals surface area (Å²) in [6.45, 7) is 0. The lowest BCUT2D eigenvalue weighted by Gasteiger charge is -2.06. The molecular formula is C20H15F2N3OS2. The van der Waals surface area contributed by atoms with Crippen LogP contribution >= 0.6 is 23.1 Å². The van der Waals surface area contributed by atoms with Crippen molar-refractivity contribution in [3.63, 3.8) is 0 Å². The largest absolute Gasteiger partial charge is 0.326 e. The highest BCUT2D eigenvalue weighted by Gasteiger charge is 2.08. The lowest BCUT2D eigenvalue weighted by Crippen LogP contribution is -2.12. The molecule has 0 aliphatic rings. The number of carbonyl (C=O) groups is 1. The molecule has 0 atom stereocenters. The number of thioether (sulfide) groups is 1. The minimum Gasteiger partial charge on any atom is -0.326 e. The summed E-state index contributed by atoms with van der Waals surface area (Å²) in [6, 6.07) is 11.2. The Kier molecular flexibility index (Phi) is 5.40. The predicted molar refractivity (Wildman–Crippen MR) is 109 cm³/mol. The van der Waals surface area contributed by atoms with E-state index in [2.05, 4.69) is 10.3 Å². The standard InChI is InChI=1S/C20H15F2N3OS2/c21-16-6-5-15(11-17(16)22)27-9-7-19(26)23-14-3-1-13(2-4-14)18-12-25-8-10-28-20(25)24-18/h1-6,8,10-12H,7,9H2,(H,23,26). The topological polar surface area (TPSA) is 46.4 Å². The number of rotatable bonds is 6. The van der Waals surface area contributed by atoms with Crippen LogP contribution in [0, 0.1) is 11.6 Å². The first-order valence-corrected chi connectivity index (χ1v) is 10.4. The fraction of sp³-hybridized carbons (Fsp3) is 0.100. The SMILES string of the molecule is O=C(CCSc1ccc(F)c(F)c1)Nc1ccc(-c2cn3ccsc3n2)cc1. The number of imidazole rings is 1. The van der Waals surface area contributed by atoms with Gasteiger partial charge in [-0.2, -0.15) is 0 Å². The van der Waals surface area contributed by atoms with E-state index < -0.39 is 11.6 Å². The molecule has 2 aromatic carbocycles. The zero-order valence-corrected chi connectivity index (χ0v) is 16.2. The van der Waals surface area contributed by atoms with Crippen LogP contribution in [0.25, 0.3) is 16.2 Å². The first-order chi connectivity index (χ1) is 13.6. The Morgan fingerprint density at radius 3 is 2.71 bits per heavy atom. The van der Waals surface area contributed by atoms with E-state index in [1.54, 1.807) is 11.3 Å². The molecule has 0 spiro atoms. The molecule has 4 nitrogen and oxygen atoms in total. The molecule has 8 heteroatoms. The van der Waals surface area contributed by atoms with E-state index in [0.29, 0.717) is 16.3 Å². The number of fused-ring (bicyclic) bond motifs is 1. The van der Waals surface area contributed by atoms with Crippen LogP contribution in [0.1, 0.15) is 6.42 Å². The quantitative estimate of drug-likeness (QED) is 0.425. The molecule has 0 bridgehead atoms. The maximum atomic E-state index is 13.2. The second kappa shape index (κ2) is 8.12. The minimum absolute atomic E-state index is 0.134. The van der Waals surface area contributed by atoms with Crippen molar-refractivity contribution in [3.8, 4) is 11.3 Å². The fourth-order valence-electron chi connectivity index (χ4n) is 2.64. The van der Waals surface area contributed by atoms with Gasteiger partial charge in [0.05, 0.1) is 5.69 Å². The zero-order valence-electron chi connectivity index (χ0n) is 14.6. The number of halogens is 2. The van der Waals surface area contributed by atoms with E-state index in [1.165, 1.54) is 17.8 Å². The zero-order chi connectivity index (χ0) is 19.5. The van der Waals surface area contributed by atoms with Crippen molar-refractivity contribution in [1.29, 1.82) is 0 Å². The Morgan fingerprint density at radius 2 is 1.96 bits per heavy atom. The van der Waals surface area contributed by atoms with E-state index in [0.717, 1.165) is 28.4 Å². The molecule has 4 rings (SSSR count). The molecule has 2 aromatic heterocycles. The summed E-state index contributed by atoms with van der Waals surface area (Å²) in [4.78, 5) is 18.2. The van der Waals surface area contributed by atoms with E-state index in [-0.39, 0.29) is 12.3 Å². The number of aromatic nitrogens is 2. The highest BCUT2D eigenvalue weighted by molar-refractivity contribution is 7.99. The Hall–Kier alpha value is -2.71. The Balaban J connectivity index is 1.30. The number of nitrogens with one attached hydrogen (secondary N) is 1. The second-order valence-electron chi connectivity index (χ2n) is 6.02. The molecule has 0 unspecified atom stereocenters. The molecule has 1 N–H and O–H groups in total. The molecule has 0 radical (unpaired) electrons. The summed E-state index contributed by atoms with van der Waals surface area (Å²) < 4.78 is 28.1. The Morgan fingerprint density at radius 1 is 1.14 bits per heavy atom. The number of amides is 1. The highest BCUT2D eigenvalue weighted by atomic mass is 32.2. The average Bonchev–Trinajstić information content (AvgIpc) is 3.27. The van der Waals surface area contributed by atoms with E-state index in [1.807, 2.05) is 46.4 Å². The predicted octanol–water partition coefficient (Wildman–Crippen LogP) is 5.46. The van der Waals surface area contributed by atoms with Crippen LogP contribution in [0.2, 0.25) is 0 Å². The first kappa shape index (κ1) is 18.6. The van der Waals surface area contributed by atoms with Crippen LogP contribution in [0.15, 0.2) is 65.1 Å². The third-order valence-electron chi connectivity index (χ3n) is 4.05. The Labute approximate surface area is 168 Å². The number of benzene rings is 2. The van der Waals surface area contributed by atoms with Gasteiger partial charge in [-0.3, -0.25) is 9.20 Å². The van der Waals surface area contributed by atoms with Crippen molar-refractivity contribution in [3.05, 3.63) is 71.9 Å².